The molecule has 0 radical (unpaired) electrons. The smallest absolute Gasteiger partial charge is 0.369 e. The number of carbonyl (C=O) groups is 1. The first kappa shape index (κ1) is 22.7. The molecule has 10 nitrogen and oxygen atoms in total. The van der Waals surface area contributed by atoms with E-state index < -0.39 is 18.1 Å². The maximum absolute atomic E-state index is 12.1. The van der Waals surface area contributed by atoms with Crippen LogP contribution in [0.5, 0.6) is 11.5 Å². The number of H-pyrrole nitrogens is 1. The summed E-state index contributed by atoms with van der Waals surface area (Å²) in [4.78, 5) is 31.4. The van der Waals surface area contributed by atoms with Crippen LogP contribution in [0.4, 0.5) is 11.5 Å². The van der Waals surface area contributed by atoms with Crippen LogP contribution in [-0.2, 0) is 9.63 Å². The predicted molar refractivity (Wildman–Crippen MR) is 119 cm³/mol. The number of nitrogen functional groups attached to an aromatic ring is 1. The summed E-state index contributed by atoms with van der Waals surface area (Å²) in [6.45, 7) is 1.52. The number of pyridine rings is 1. The Morgan fingerprint density at radius 3 is 2.42 bits per heavy atom. The summed E-state index contributed by atoms with van der Waals surface area (Å²) >= 11 is 0. The lowest BCUT2D eigenvalue weighted by Crippen LogP contribution is -2.18. The number of anilines is 2. The van der Waals surface area contributed by atoms with Crippen molar-refractivity contribution in [3.8, 4) is 34.8 Å². The first-order valence-corrected chi connectivity index (χ1v) is 9.57. The zero-order valence-corrected chi connectivity index (χ0v) is 17.8. The number of carbonyl (C=O) groups excluding carboxylic acids is 1. The van der Waals surface area contributed by atoms with E-state index in [1.807, 2.05) is 25.1 Å². The monoisotopic (exact) mass is 445 g/mol. The molecule has 0 atom stereocenters. The maximum atomic E-state index is 12.1. The lowest BCUT2D eigenvalue weighted by molar-refractivity contribution is -0.143. The Hall–Kier alpha value is -4.96. The number of benzene rings is 2. The molecule has 0 aliphatic carbocycles. The molecule has 0 amide bonds. The zero-order chi connectivity index (χ0) is 24.0. The largest absolute Gasteiger partial charge is 0.493 e. The molecule has 0 saturated carbocycles. The first-order valence-electron chi connectivity index (χ1n) is 9.57. The highest BCUT2D eigenvalue weighted by Crippen LogP contribution is 2.35. The Balaban J connectivity index is 1.79. The van der Waals surface area contributed by atoms with Gasteiger partial charge in [0.1, 0.15) is 29.1 Å². The van der Waals surface area contributed by atoms with Gasteiger partial charge in [-0.25, -0.2) is 10.3 Å². The van der Waals surface area contributed by atoms with Gasteiger partial charge in [0.2, 0.25) is 0 Å². The molecule has 0 unspecified atom stereocenters. The van der Waals surface area contributed by atoms with Crippen LogP contribution in [0.1, 0.15) is 16.7 Å². The Kier molecular flexibility index (Phi) is 6.81. The molecule has 0 fully saturated rings. The van der Waals surface area contributed by atoms with Crippen LogP contribution in [0, 0.1) is 29.6 Å². The third-order valence-electron chi connectivity index (χ3n) is 4.60. The fourth-order valence-electron chi connectivity index (χ4n) is 2.98. The molecular weight excluding hydrogens is 426 g/mol. The lowest BCUT2D eigenvalue weighted by Gasteiger charge is -2.14. The highest BCUT2D eigenvalue weighted by molar-refractivity contribution is 5.81. The molecule has 1 aromatic heterocycles. The zero-order valence-electron chi connectivity index (χ0n) is 17.8. The number of methoxy groups -OCH3 is 1. The summed E-state index contributed by atoms with van der Waals surface area (Å²) < 4.78 is 10.8. The number of nitrogens with two attached hydrogens (primary N) is 1. The van der Waals surface area contributed by atoms with E-state index in [0.717, 1.165) is 5.56 Å². The summed E-state index contributed by atoms with van der Waals surface area (Å²) in [6.07, 6.45) is 0. The molecular formula is C23H19N5O5. The summed E-state index contributed by atoms with van der Waals surface area (Å²) in [7, 11) is 1.38. The number of rotatable bonds is 7. The highest BCUT2D eigenvalue weighted by Gasteiger charge is 2.20. The van der Waals surface area contributed by atoms with Gasteiger partial charge in [-0.15, -0.1) is 0 Å². The van der Waals surface area contributed by atoms with Crippen LogP contribution in [-0.4, -0.2) is 24.7 Å². The molecule has 0 aliphatic rings. The number of ether oxygens (including phenoxy) is 2. The second-order valence-corrected chi connectivity index (χ2v) is 6.81. The molecule has 1 heterocycles. The minimum Gasteiger partial charge on any atom is -0.493 e. The summed E-state index contributed by atoms with van der Waals surface area (Å²) in [5, 5.41) is 18.9. The SMILES string of the molecule is COc1cc(-c2c(C#N)c(N)[nH]c(=O)c2C#N)ccc1OCC(=O)ONc1ccc(C)cc1. The molecule has 0 bridgehead atoms. The van der Waals surface area contributed by atoms with E-state index >= 15 is 0 Å². The third-order valence-corrected chi connectivity index (χ3v) is 4.60. The van der Waals surface area contributed by atoms with Crippen molar-refractivity contribution in [1.29, 1.82) is 10.5 Å². The molecule has 0 saturated heterocycles. The molecule has 33 heavy (non-hydrogen) atoms. The predicted octanol–water partition coefficient (Wildman–Crippen LogP) is 2.63. The van der Waals surface area contributed by atoms with Crippen LogP contribution >= 0.6 is 0 Å². The highest BCUT2D eigenvalue weighted by atomic mass is 16.7. The van der Waals surface area contributed by atoms with E-state index in [-0.39, 0.29) is 34.0 Å². The average molecular weight is 445 g/mol. The van der Waals surface area contributed by atoms with Gasteiger partial charge in [-0.2, -0.15) is 10.5 Å². The number of nitriles is 2. The first-order chi connectivity index (χ1) is 15.9. The van der Waals surface area contributed by atoms with E-state index in [2.05, 4.69) is 10.5 Å². The number of nitrogens with one attached hydrogen (secondary N) is 2. The number of aromatic nitrogens is 1. The van der Waals surface area contributed by atoms with Crippen LogP contribution in [0.2, 0.25) is 0 Å². The normalized spacial score (nSPS) is 9.94. The van der Waals surface area contributed by atoms with Crippen molar-refractivity contribution >= 4 is 17.5 Å². The van der Waals surface area contributed by atoms with Crippen molar-refractivity contribution in [3.05, 3.63) is 69.5 Å². The minimum absolute atomic E-state index is 0.0485. The molecule has 0 spiro atoms. The number of hydrogen-bond donors (Lipinski definition) is 3. The van der Waals surface area contributed by atoms with Crippen LogP contribution in [0.15, 0.2) is 47.3 Å². The number of nitrogens with zero attached hydrogens (tertiary/aromatic N) is 2. The van der Waals surface area contributed by atoms with E-state index in [1.54, 1.807) is 18.2 Å². The van der Waals surface area contributed by atoms with Gasteiger partial charge in [-0.1, -0.05) is 23.8 Å². The number of aryl methyl sites for hydroxylation is 1. The molecule has 166 valence electrons. The van der Waals surface area contributed by atoms with Crippen molar-refractivity contribution in [2.24, 2.45) is 0 Å². The van der Waals surface area contributed by atoms with E-state index in [0.29, 0.717) is 11.3 Å². The Morgan fingerprint density at radius 2 is 1.79 bits per heavy atom. The summed E-state index contributed by atoms with van der Waals surface area (Å²) in [5.41, 5.74) is 9.35. The van der Waals surface area contributed by atoms with Crippen molar-refractivity contribution < 1.29 is 19.1 Å². The molecule has 3 aromatic rings. The second kappa shape index (κ2) is 9.90. The van der Waals surface area contributed by atoms with Crippen molar-refractivity contribution in [1.82, 2.24) is 4.98 Å². The topological polar surface area (TPSA) is 163 Å². The Morgan fingerprint density at radius 1 is 1.09 bits per heavy atom. The van der Waals surface area contributed by atoms with E-state index in [9.17, 15) is 20.1 Å². The van der Waals surface area contributed by atoms with Gasteiger partial charge in [0.25, 0.3) is 5.56 Å². The molecule has 3 rings (SSSR count). The molecule has 2 aromatic carbocycles. The minimum atomic E-state index is -0.716. The number of hydrogen-bond acceptors (Lipinski definition) is 9. The van der Waals surface area contributed by atoms with Gasteiger partial charge in [-0.05, 0) is 36.8 Å². The van der Waals surface area contributed by atoms with Gasteiger partial charge in [0.05, 0.1) is 12.8 Å². The van der Waals surface area contributed by atoms with Crippen LogP contribution < -0.4 is 26.2 Å². The summed E-state index contributed by atoms with van der Waals surface area (Å²) in [5.74, 6) is -0.413. The molecule has 0 aliphatic heterocycles. The fraction of sp³-hybridized carbons (Fsp3) is 0.130. The Bertz CT molecular complexity index is 1330. The van der Waals surface area contributed by atoms with Crippen molar-refractivity contribution in [2.75, 3.05) is 24.9 Å². The van der Waals surface area contributed by atoms with Crippen molar-refractivity contribution in [2.45, 2.75) is 6.92 Å². The van der Waals surface area contributed by atoms with Crippen LogP contribution in [0.3, 0.4) is 0 Å². The average Bonchev–Trinajstić information content (AvgIpc) is 2.81. The quantitative estimate of drug-likeness (QED) is 0.464. The number of aromatic amines is 1. The lowest BCUT2D eigenvalue weighted by atomic mass is 9.96. The molecule has 10 heteroatoms. The summed E-state index contributed by atoms with van der Waals surface area (Å²) in [6, 6.07) is 15.4. The molecule has 4 N–H and O–H groups in total. The van der Waals surface area contributed by atoms with E-state index in [4.69, 9.17) is 20.0 Å². The maximum Gasteiger partial charge on any atom is 0.369 e. The van der Waals surface area contributed by atoms with Gasteiger partial charge in [0.15, 0.2) is 18.1 Å². The Labute approximate surface area is 188 Å². The van der Waals surface area contributed by atoms with Gasteiger partial charge in [0, 0.05) is 5.56 Å². The van der Waals surface area contributed by atoms with Gasteiger partial charge < -0.3 is 25.0 Å². The fourth-order valence-corrected chi connectivity index (χ4v) is 2.98. The third kappa shape index (κ3) is 5.03. The van der Waals surface area contributed by atoms with Gasteiger partial charge >= 0.3 is 5.97 Å². The van der Waals surface area contributed by atoms with E-state index in [1.165, 1.54) is 25.3 Å². The van der Waals surface area contributed by atoms with Gasteiger partial charge in [-0.3, -0.25) is 4.79 Å². The second-order valence-electron chi connectivity index (χ2n) is 6.81. The van der Waals surface area contributed by atoms with Crippen molar-refractivity contribution in [3.63, 3.8) is 0 Å². The van der Waals surface area contributed by atoms with Crippen LogP contribution in [0.25, 0.3) is 11.1 Å². The standard InChI is InChI=1S/C23H19N5O5/c1-13-3-6-15(7-4-13)28-33-20(29)12-32-18-8-5-14(9-19(18)31-2)21-16(10-24)22(26)27-23(30)17(21)11-25/h3-9,28H,12H2,1-2H3,(H3,26,27,30).